The van der Waals surface area contributed by atoms with Crippen LogP contribution >= 0.6 is 23.8 Å². The van der Waals surface area contributed by atoms with Gasteiger partial charge in [0.2, 0.25) is 0 Å². The molecule has 4 nitrogen and oxygen atoms in total. The van der Waals surface area contributed by atoms with Gasteiger partial charge in [-0.15, -0.1) is 0 Å². The third-order valence-electron chi connectivity index (χ3n) is 4.65. The molecule has 2 heterocycles. The van der Waals surface area contributed by atoms with E-state index in [0.29, 0.717) is 6.42 Å². The van der Waals surface area contributed by atoms with Crippen molar-refractivity contribution in [2.45, 2.75) is 6.42 Å². The molecule has 3 aromatic rings. The predicted molar refractivity (Wildman–Crippen MR) is 113 cm³/mol. The smallest absolute Gasteiger partial charge is 0.0842 e. The standard InChI is InChI=1S/C21H20ClN3OS/c22-17-8-6-16(7-9-17)19-15-25(18-4-2-1-3-5-18)23-20(19)14-21(27)24-10-12-26-13-11-24/h1-9,15H,10-14H2. The molecule has 1 aromatic heterocycles. The lowest BCUT2D eigenvalue weighted by Crippen LogP contribution is -2.40. The zero-order chi connectivity index (χ0) is 18.6. The van der Waals surface area contributed by atoms with Crippen LogP contribution in [0.3, 0.4) is 0 Å². The van der Waals surface area contributed by atoms with Crippen molar-refractivity contribution in [1.82, 2.24) is 14.7 Å². The van der Waals surface area contributed by atoms with Crippen molar-refractivity contribution in [1.29, 1.82) is 0 Å². The second kappa shape index (κ2) is 8.21. The van der Waals surface area contributed by atoms with Gasteiger partial charge in [-0.2, -0.15) is 5.10 Å². The van der Waals surface area contributed by atoms with Crippen molar-refractivity contribution >= 4 is 28.8 Å². The first-order chi connectivity index (χ1) is 13.2. The second-order valence-electron chi connectivity index (χ2n) is 6.45. The molecular weight excluding hydrogens is 378 g/mol. The first-order valence-corrected chi connectivity index (χ1v) is 9.75. The van der Waals surface area contributed by atoms with Crippen LogP contribution in [-0.2, 0) is 11.2 Å². The number of ether oxygens (including phenoxy) is 1. The Hall–Kier alpha value is -2.21. The van der Waals surface area contributed by atoms with Crippen LogP contribution in [0.4, 0.5) is 0 Å². The summed E-state index contributed by atoms with van der Waals surface area (Å²) in [5.74, 6) is 0. The van der Waals surface area contributed by atoms with E-state index in [2.05, 4.69) is 11.1 Å². The van der Waals surface area contributed by atoms with E-state index in [1.54, 1.807) is 0 Å². The zero-order valence-corrected chi connectivity index (χ0v) is 16.4. The van der Waals surface area contributed by atoms with Gasteiger partial charge in [-0.1, -0.05) is 54.2 Å². The third kappa shape index (κ3) is 4.21. The van der Waals surface area contributed by atoms with Crippen molar-refractivity contribution in [3.05, 3.63) is 71.5 Å². The molecule has 0 atom stereocenters. The maximum Gasteiger partial charge on any atom is 0.0842 e. The van der Waals surface area contributed by atoms with Gasteiger partial charge in [-0.05, 0) is 29.8 Å². The summed E-state index contributed by atoms with van der Waals surface area (Å²) in [5, 5.41) is 5.57. The number of para-hydroxylation sites is 1. The maximum atomic E-state index is 6.07. The highest BCUT2D eigenvalue weighted by molar-refractivity contribution is 7.80. The monoisotopic (exact) mass is 397 g/mol. The summed E-state index contributed by atoms with van der Waals surface area (Å²) in [7, 11) is 0. The molecule has 1 aliphatic rings. The van der Waals surface area contributed by atoms with E-state index < -0.39 is 0 Å². The Morgan fingerprint density at radius 1 is 1.04 bits per heavy atom. The fourth-order valence-corrected chi connectivity index (χ4v) is 3.64. The van der Waals surface area contributed by atoms with E-state index in [1.807, 2.05) is 59.3 Å². The zero-order valence-electron chi connectivity index (χ0n) is 14.8. The molecule has 2 aromatic carbocycles. The molecule has 6 heteroatoms. The van der Waals surface area contributed by atoms with Crippen molar-refractivity contribution in [2.75, 3.05) is 26.3 Å². The lowest BCUT2D eigenvalue weighted by atomic mass is 10.0. The van der Waals surface area contributed by atoms with Crippen LogP contribution in [0.2, 0.25) is 5.02 Å². The molecule has 138 valence electrons. The van der Waals surface area contributed by atoms with Gasteiger partial charge in [0.15, 0.2) is 0 Å². The number of hydrogen-bond acceptors (Lipinski definition) is 3. The van der Waals surface area contributed by atoms with Crippen LogP contribution in [0.1, 0.15) is 5.69 Å². The van der Waals surface area contributed by atoms with Crippen molar-refractivity contribution in [2.24, 2.45) is 0 Å². The Bertz CT molecular complexity index is 918. The highest BCUT2D eigenvalue weighted by atomic mass is 35.5. The van der Waals surface area contributed by atoms with Gasteiger partial charge in [0.1, 0.15) is 0 Å². The van der Waals surface area contributed by atoms with Gasteiger partial charge in [0.05, 0.1) is 29.6 Å². The van der Waals surface area contributed by atoms with Crippen LogP contribution in [0, 0.1) is 0 Å². The summed E-state index contributed by atoms with van der Waals surface area (Å²) >= 11 is 11.8. The molecule has 0 amide bonds. The Morgan fingerprint density at radius 3 is 2.44 bits per heavy atom. The molecular formula is C21H20ClN3OS. The topological polar surface area (TPSA) is 30.3 Å². The summed E-state index contributed by atoms with van der Waals surface area (Å²) in [6, 6.07) is 18.0. The average Bonchev–Trinajstić information content (AvgIpc) is 3.13. The predicted octanol–water partition coefficient (Wildman–Crippen LogP) is 4.39. The minimum atomic E-state index is 0.632. The molecule has 27 heavy (non-hydrogen) atoms. The van der Waals surface area contributed by atoms with E-state index in [4.69, 9.17) is 33.7 Å². The van der Waals surface area contributed by atoms with E-state index in [9.17, 15) is 0 Å². The molecule has 0 N–H and O–H groups in total. The van der Waals surface area contributed by atoms with Crippen LogP contribution in [-0.4, -0.2) is 46.0 Å². The summed E-state index contributed by atoms with van der Waals surface area (Å²) in [4.78, 5) is 3.12. The van der Waals surface area contributed by atoms with Crippen LogP contribution < -0.4 is 0 Å². The van der Waals surface area contributed by atoms with Gasteiger partial charge >= 0.3 is 0 Å². The number of hydrogen-bond donors (Lipinski definition) is 0. The lowest BCUT2D eigenvalue weighted by Gasteiger charge is -2.29. The van der Waals surface area contributed by atoms with E-state index in [0.717, 1.165) is 58.8 Å². The first kappa shape index (κ1) is 18.2. The minimum Gasteiger partial charge on any atom is -0.378 e. The fourth-order valence-electron chi connectivity index (χ4n) is 3.19. The Labute approximate surface area is 169 Å². The third-order valence-corrected chi connectivity index (χ3v) is 5.30. The average molecular weight is 398 g/mol. The van der Waals surface area contributed by atoms with E-state index in [-0.39, 0.29) is 0 Å². The van der Waals surface area contributed by atoms with Crippen molar-refractivity contribution in [3.63, 3.8) is 0 Å². The number of rotatable bonds is 4. The van der Waals surface area contributed by atoms with E-state index >= 15 is 0 Å². The van der Waals surface area contributed by atoms with Crippen LogP contribution in [0.25, 0.3) is 16.8 Å². The molecule has 4 rings (SSSR count). The van der Waals surface area contributed by atoms with Crippen molar-refractivity contribution in [3.8, 4) is 16.8 Å². The summed E-state index contributed by atoms with van der Waals surface area (Å²) in [6.07, 6.45) is 2.70. The maximum absolute atomic E-state index is 6.07. The number of nitrogens with zero attached hydrogens (tertiary/aromatic N) is 3. The molecule has 0 unspecified atom stereocenters. The quantitative estimate of drug-likeness (QED) is 0.610. The highest BCUT2D eigenvalue weighted by Gasteiger charge is 2.18. The Balaban J connectivity index is 1.68. The molecule has 0 saturated carbocycles. The largest absolute Gasteiger partial charge is 0.378 e. The molecule has 1 aliphatic heterocycles. The second-order valence-corrected chi connectivity index (χ2v) is 7.35. The molecule has 1 fully saturated rings. The minimum absolute atomic E-state index is 0.632. The van der Waals surface area contributed by atoms with Gasteiger partial charge in [0, 0.05) is 36.3 Å². The van der Waals surface area contributed by atoms with E-state index in [1.165, 1.54) is 0 Å². The van der Waals surface area contributed by atoms with Gasteiger partial charge in [-0.3, -0.25) is 0 Å². The van der Waals surface area contributed by atoms with Gasteiger partial charge in [-0.25, -0.2) is 4.68 Å². The number of benzene rings is 2. The normalized spacial score (nSPS) is 14.3. The molecule has 1 saturated heterocycles. The molecule has 0 bridgehead atoms. The first-order valence-electron chi connectivity index (χ1n) is 8.96. The summed E-state index contributed by atoms with van der Waals surface area (Å²) in [5.41, 5.74) is 4.15. The Morgan fingerprint density at radius 2 is 1.74 bits per heavy atom. The molecule has 0 spiro atoms. The molecule has 0 aliphatic carbocycles. The van der Waals surface area contributed by atoms with Gasteiger partial charge in [0.25, 0.3) is 0 Å². The van der Waals surface area contributed by atoms with Gasteiger partial charge < -0.3 is 9.64 Å². The number of morpholine rings is 1. The Kier molecular flexibility index (Phi) is 5.53. The number of halogens is 1. The van der Waals surface area contributed by atoms with Crippen LogP contribution in [0.5, 0.6) is 0 Å². The SMILES string of the molecule is S=C(Cc1nn(-c2ccccc2)cc1-c1ccc(Cl)cc1)N1CCOCC1. The van der Waals surface area contributed by atoms with Crippen molar-refractivity contribution < 1.29 is 4.74 Å². The summed E-state index contributed by atoms with van der Waals surface area (Å²) < 4.78 is 7.35. The van der Waals surface area contributed by atoms with Crippen LogP contribution in [0.15, 0.2) is 60.8 Å². The fraction of sp³-hybridized carbons (Fsp3) is 0.238. The molecule has 0 radical (unpaired) electrons. The lowest BCUT2D eigenvalue weighted by molar-refractivity contribution is 0.0684. The summed E-state index contributed by atoms with van der Waals surface area (Å²) in [6.45, 7) is 3.13. The highest BCUT2D eigenvalue weighted by Crippen LogP contribution is 2.27. The number of thiocarbonyl (C=S) groups is 1. The number of aromatic nitrogens is 2.